The van der Waals surface area contributed by atoms with Crippen molar-refractivity contribution in [3.63, 3.8) is 0 Å². The summed E-state index contributed by atoms with van der Waals surface area (Å²) < 4.78 is 0. The van der Waals surface area contributed by atoms with Crippen LogP contribution < -0.4 is 10.2 Å². The van der Waals surface area contributed by atoms with Crippen molar-refractivity contribution in [3.05, 3.63) is 52.8 Å². The molecule has 2 aromatic rings. The van der Waals surface area contributed by atoms with E-state index < -0.39 is 0 Å². The van der Waals surface area contributed by atoms with Gasteiger partial charge in [0.1, 0.15) is 0 Å². The number of rotatable bonds is 4. The summed E-state index contributed by atoms with van der Waals surface area (Å²) in [5.74, 6) is 0.655. The molecule has 25 heavy (non-hydrogen) atoms. The Kier molecular flexibility index (Phi) is 4.88. The van der Waals surface area contributed by atoms with Crippen molar-refractivity contribution in [2.75, 3.05) is 26.0 Å². The van der Waals surface area contributed by atoms with Crippen LogP contribution in [0.2, 0.25) is 0 Å². The van der Waals surface area contributed by atoms with Gasteiger partial charge in [-0.3, -0.25) is 0 Å². The third-order valence-electron chi connectivity index (χ3n) is 4.61. The first-order valence-electron chi connectivity index (χ1n) is 8.56. The van der Waals surface area contributed by atoms with Crippen LogP contribution in [0.1, 0.15) is 35.0 Å². The number of carbonyl (C=O) groups is 1. The molecular formula is C19H25N5O. The number of urea groups is 1. The highest BCUT2D eigenvalue weighted by Crippen LogP contribution is 2.34. The number of aryl methyl sites for hydroxylation is 2. The number of hydrogen-bond donors (Lipinski definition) is 1. The van der Waals surface area contributed by atoms with Crippen LogP contribution in [-0.2, 0) is 13.0 Å². The van der Waals surface area contributed by atoms with Gasteiger partial charge >= 0.3 is 6.03 Å². The molecule has 0 aliphatic heterocycles. The largest absolute Gasteiger partial charge is 0.347 e. The van der Waals surface area contributed by atoms with Gasteiger partial charge in [-0.25, -0.2) is 14.8 Å². The van der Waals surface area contributed by atoms with E-state index >= 15 is 0 Å². The third-order valence-corrected chi connectivity index (χ3v) is 4.61. The molecule has 0 radical (unpaired) electrons. The molecule has 0 fully saturated rings. The number of nitrogens with zero attached hydrogens (tertiary/aromatic N) is 4. The van der Waals surface area contributed by atoms with E-state index in [1.54, 1.807) is 4.90 Å². The van der Waals surface area contributed by atoms with Crippen molar-refractivity contribution in [3.8, 4) is 0 Å². The van der Waals surface area contributed by atoms with Crippen LogP contribution in [0.15, 0.2) is 30.3 Å². The Hall–Kier alpha value is -2.63. The SMILES string of the molecule is Cc1cc(CNC(=O)N(C)[C@H]2CCc3ccccc32)nc(N(C)C)n1. The third kappa shape index (κ3) is 3.73. The predicted octanol–water partition coefficient (Wildman–Crippen LogP) is 2.68. The average molecular weight is 339 g/mol. The first-order valence-corrected chi connectivity index (χ1v) is 8.56. The Morgan fingerprint density at radius 1 is 1.24 bits per heavy atom. The number of benzene rings is 1. The summed E-state index contributed by atoms with van der Waals surface area (Å²) in [5.41, 5.74) is 4.30. The molecule has 1 aromatic carbocycles. The molecule has 0 saturated heterocycles. The summed E-state index contributed by atoms with van der Waals surface area (Å²) >= 11 is 0. The molecule has 6 nitrogen and oxygen atoms in total. The van der Waals surface area contributed by atoms with Crippen molar-refractivity contribution in [2.24, 2.45) is 0 Å². The second kappa shape index (κ2) is 7.09. The number of nitrogens with one attached hydrogen (secondary N) is 1. The quantitative estimate of drug-likeness (QED) is 0.930. The fourth-order valence-electron chi connectivity index (χ4n) is 3.28. The summed E-state index contributed by atoms with van der Waals surface area (Å²) in [7, 11) is 5.67. The Labute approximate surface area is 148 Å². The molecule has 1 aliphatic carbocycles. The summed E-state index contributed by atoms with van der Waals surface area (Å²) in [6.45, 7) is 2.32. The summed E-state index contributed by atoms with van der Waals surface area (Å²) in [6, 6.07) is 10.3. The van der Waals surface area contributed by atoms with Crippen molar-refractivity contribution in [1.29, 1.82) is 0 Å². The van der Waals surface area contributed by atoms with Crippen LogP contribution >= 0.6 is 0 Å². The lowest BCUT2D eigenvalue weighted by molar-refractivity contribution is 0.189. The molecule has 1 aromatic heterocycles. The van der Waals surface area contributed by atoms with Gasteiger partial charge in [-0.15, -0.1) is 0 Å². The predicted molar refractivity (Wildman–Crippen MR) is 98.6 cm³/mol. The molecule has 3 rings (SSSR count). The highest BCUT2D eigenvalue weighted by Gasteiger charge is 2.28. The fourth-order valence-corrected chi connectivity index (χ4v) is 3.28. The Morgan fingerprint density at radius 2 is 2.00 bits per heavy atom. The fraction of sp³-hybridized carbons (Fsp3) is 0.421. The highest BCUT2D eigenvalue weighted by atomic mass is 16.2. The van der Waals surface area contributed by atoms with Crippen LogP contribution in [-0.4, -0.2) is 42.0 Å². The molecule has 0 unspecified atom stereocenters. The van der Waals surface area contributed by atoms with E-state index in [0.29, 0.717) is 12.5 Å². The lowest BCUT2D eigenvalue weighted by atomic mass is 10.1. The first-order chi connectivity index (χ1) is 12.0. The van der Waals surface area contributed by atoms with E-state index in [0.717, 1.165) is 24.2 Å². The van der Waals surface area contributed by atoms with Crippen LogP contribution in [0.25, 0.3) is 0 Å². The van der Waals surface area contributed by atoms with Gasteiger partial charge in [-0.1, -0.05) is 24.3 Å². The Balaban J connectivity index is 1.65. The van der Waals surface area contributed by atoms with E-state index in [-0.39, 0.29) is 12.1 Å². The van der Waals surface area contributed by atoms with Crippen LogP contribution in [0.4, 0.5) is 10.7 Å². The van der Waals surface area contributed by atoms with Gasteiger partial charge in [0.2, 0.25) is 5.95 Å². The van der Waals surface area contributed by atoms with Crippen LogP contribution in [0.5, 0.6) is 0 Å². The highest BCUT2D eigenvalue weighted by molar-refractivity contribution is 5.74. The van der Waals surface area contributed by atoms with Crippen LogP contribution in [0.3, 0.4) is 0 Å². The zero-order valence-electron chi connectivity index (χ0n) is 15.3. The molecular weight excluding hydrogens is 314 g/mol. The first kappa shape index (κ1) is 17.2. The van der Waals surface area contributed by atoms with Crippen molar-refractivity contribution >= 4 is 12.0 Å². The maximum atomic E-state index is 12.6. The molecule has 0 spiro atoms. The normalized spacial score (nSPS) is 15.6. The van der Waals surface area contributed by atoms with E-state index in [1.165, 1.54) is 11.1 Å². The van der Waals surface area contributed by atoms with Crippen molar-refractivity contribution < 1.29 is 4.79 Å². The summed E-state index contributed by atoms with van der Waals surface area (Å²) in [4.78, 5) is 25.1. The number of amides is 2. The molecule has 132 valence electrons. The second-order valence-electron chi connectivity index (χ2n) is 6.72. The smallest absolute Gasteiger partial charge is 0.317 e. The number of fused-ring (bicyclic) bond motifs is 1. The zero-order chi connectivity index (χ0) is 18.0. The van der Waals surface area contributed by atoms with Gasteiger partial charge in [0.15, 0.2) is 0 Å². The van der Waals surface area contributed by atoms with Gasteiger partial charge < -0.3 is 15.1 Å². The molecule has 1 heterocycles. The number of aromatic nitrogens is 2. The lowest BCUT2D eigenvalue weighted by Crippen LogP contribution is -2.38. The minimum absolute atomic E-state index is 0.0793. The maximum Gasteiger partial charge on any atom is 0.317 e. The van der Waals surface area contributed by atoms with Gasteiger partial charge in [0.25, 0.3) is 0 Å². The van der Waals surface area contributed by atoms with Crippen molar-refractivity contribution in [1.82, 2.24) is 20.2 Å². The van der Waals surface area contributed by atoms with E-state index in [2.05, 4.69) is 33.5 Å². The Bertz CT molecular complexity index is 774. The van der Waals surface area contributed by atoms with E-state index in [4.69, 9.17) is 0 Å². The van der Waals surface area contributed by atoms with Crippen molar-refractivity contribution in [2.45, 2.75) is 32.4 Å². The summed E-state index contributed by atoms with van der Waals surface area (Å²) in [5, 5.41) is 2.98. The number of hydrogen-bond acceptors (Lipinski definition) is 4. The van der Waals surface area contributed by atoms with Gasteiger partial charge in [0.05, 0.1) is 18.3 Å². The van der Waals surface area contributed by atoms with E-state index in [9.17, 15) is 4.79 Å². The molecule has 1 atom stereocenters. The number of anilines is 1. The monoisotopic (exact) mass is 339 g/mol. The molecule has 1 aliphatic rings. The maximum absolute atomic E-state index is 12.6. The standard InChI is InChI=1S/C19H25N5O/c1-13-11-15(22-18(21-13)23(2)3)12-20-19(25)24(4)17-10-9-14-7-5-6-8-16(14)17/h5-8,11,17H,9-10,12H2,1-4H3,(H,20,25)/t17-/m0/s1. The van der Waals surface area contributed by atoms with Gasteiger partial charge in [0, 0.05) is 26.8 Å². The molecule has 2 amide bonds. The molecule has 0 bridgehead atoms. The molecule has 6 heteroatoms. The van der Waals surface area contributed by atoms with Gasteiger partial charge in [-0.2, -0.15) is 0 Å². The summed E-state index contributed by atoms with van der Waals surface area (Å²) in [6.07, 6.45) is 2.00. The van der Waals surface area contributed by atoms with Gasteiger partial charge in [-0.05, 0) is 37.0 Å². The number of carbonyl (C=O) groups excluding carboxylic acids is 1. The topological polar surface area (TPSA) is 61.4 Å². The molecule has 0 saturated carbocycles. The Morgan fingerprint density at radius 3 is 2.76 bits per heavy atom. The average Bonchev–Trinajstić information content (AvgIpc) is 3.02. The minimum atomic E-state index is -0.0793. The van der Waals surface area contributed by atoms with E-state index in [1.807, 2.05) is 45.1 Å². The van der Waals surface area contributed by atoms with Crippen LogP contribution in [0, 0.1) is 6.92 Å². The lowest BCUT2D eigenvalue weighted by Gasteiger charge is -2.25. The minimum Gasteiger partial charge on any atom is -0.347 e. The molecule has 1 N–H and O–H groups in total. The zero-order valence-corrected chi connectivity index (χ0v) is 15.3. The second-order valence-corrected chi connectivity index (χ2v) is 6.72.